The van der Waals surface area contributed by atoms with Crippen molar-refractivity contribution in [3.8, 4) is 5.75 Å². The number of anilines is 1. The van der Waals surface area contributed by atoms with Gasteiger partial charge in [0.2, 0.25) is 0 Å². The average Bonchev–Trinajstić information content (AvgIpc) is 2.49. The average molecular weight is 357 g/mol. The van der Waals surface area contributed by atoms with E-state index in [9.17, 15) is 4.79 Å². The summed E-state index contributed by atoms with van der Waals surface area (Å²) in [6.07, 6.45) is -0.482. The van der Waals surface area contributed by atoms with Gasteiger partial charge in [-0.3, -0.25) is 5.32 Å². The molecule has 0 radical (unpaired) electrons. The maximum Gasteiger partial charge on any atom is 0.412 e. The van der Waals surface area contributed by atoms with Gasteiger partial charge in [-0.1, -0.05) is 0 Å². The van der Waals surface area contributed by atoms with Gasteiger partial charge in [0.15, 0.2) is 0 Å². The van der Waals surface area contributed by atoms with E-state index in [0.717, 1.165) is 0 Å². The van der Waals surface area contributed by atoms with Crippen LogP contribution in [0.4, 0.5) is 10.5 Å². The molecule has 0 saturated carbocycles. The second-order valence-corrected chi connectivity index (χ2v) is 6.40. The summed E-state index contributed by atoms with van der Waals surface area (Å²) in [6.45, 7) is 8.12. The molecule has 7 heteroatoms. The Hall–Kier alpha value is -1.44. The second-order valence-electron chi connectivity index (χ2n) is 5.95. The van der Waals surface area contributed by atoms with Crippen molar-refractivity contribution in [3.05, 3.63) is 24.3 Å². The van der Waals surface area contributed by atoms with E-state index in [1.807, 2.05) is 20.8 Å². The van der Waals surface area contributed by atoms with Crippen LogP contribution >= 0.6 is 12.6 Å². The molecule has 1 aromatic rings. The van der Waals surface area contributed by atoms with Gasteiger partial charge in [-0.2, -0.15) is 12.6 Å². The lowest BCUT2D eigenvalue weighted by Gasteiger charge is -2.19. The Labute approximate surface area is 149 Å². The minimum absolute atomic E-state index is 0.450. The van der Waals surface area contributed by atoms with Gasteiger partial charge in [-0.25, -0.2) is 4.79 Å². The first kappa shape index (κ1) is 20.6. The van der Waals surface area contributed by atoms with E-state index < -0.39 is 11.7 Å². The summed E-state index contributed by atoms with van der Waals surface area (Å²) in [5, 5.41) is 2.67. The maximum atomic E-state index is 11.7. The van der Waals surface area contributed by atoms with Crippen molar-refractivity contribution in [2.75, 3.05) is 44.1 Å². The number of rotatable bonds is 10. The summed E-state index contributed by atoms with van der Waals surface area (Å²) in [6, 6.07) is 7.07. The summed E-state index contributed by atoms with van der Waals surface area (Å²) >= 11 is 4.05. The molecule has 1 rings (SSSR count). The van der Waals surface area contributed by atoms with E-state index in [0.29, 0.717) is 50.2 Å². The lowest BCUT2D eigenvalue weighted by molar-refractivity contribution is 0.0413. The molecule has 0 aliphatic carbocycles. The Morgan fingerprint density at radius 3 is 2.17 bits per heavy atom. The van der Waals surface area contributed by atoms with Crippen LogP contribution in [0, 0.1) is 0 Å². The number of ether oxygens (including phenoxy) is 4. The highest BCUT2D eigenvalue weighted by Crippen LogP contribution is 2.17. The third-order valence-corrected chi connectivity index (χ3v) is 2.79. The molecule has 1 N–H and O–H groups in total. The van der Waals surface area contributed by atoms with Crippen LogP contribution in [-0.4, -0.2) is 50.5 Å². The third-order valence-electron chi connectivity index (χ3n) is 2.60. The molecule has 0 bridgehead atoms. The van der Waals surface area contributed by atoms with Crippen molar-refractivity contribution >= 4 is 24.4 Å². The highest BCUT2D eigenvalue weighted by Gasteiger charge is 2.16. The molecular formula is C17H27NO5S. The molecule has 136 valence electrons. The van der Waals surface area contributed by atoms with Crippen LogP contribution in [-0.2, 0) is 14.2 Å². The topological polar surface area (TPSA) is 66.0 Å². The van der Waals surface area contributed by atoms with Crippen molar-refractivity contribution < 1.29 is 23.7 Å². The second kappa shape index (κ2) is 11.2. The van der Waals surface area contributed by atoms with Crippen molar-refractivity contribution in [1.82, 2.24) is 0 Å². The van der Waals surface area contributed by atoms with Crippen LogP contribution in [0.3, 0.4) is 0 Å². The van der Waals surface area contributed by atoms with Crippen LogP contribution in [0.5, 0.6) is 5.75 Å². The number of hydrogen-bond acceptors (Lipinski definition) is 6. The summed E-state index contributed by atoms with van der Waals surface area (Å²) < 4.78 is 21.4. The highest BCUT2D eigenvalue weighted by molar-refractivity contribution is 7.80. The first-order valence-corrected chi connectivity index (χ1v) is 8.53. The fourth-order valence-corrected chi connectivity index (χ4v) is 1.79. The number of hydrogen-bond donors (Lipinski definition) is 2. The fourth-order valence-electron chi connectivity index (χ4n) is 1.66. The molecule has 0 saturated heterocycles. The van der Waals surface area contributed by atoms with Crippen LogP contribution in [0.1, 0.15) is 20.8 Å². The van der Waals surface area contributed by atoms with Crippen molar-refractivity contribution in [2.45, 2.75) is 26.4 Å². The molecule has 0 aliphatic heterocycles. The Balaban J connectivity index is 2.19. The molecular weight excluding hydrogens is 330 g/mol. The van der Waals surface area contributed by atoms with Gasteiger partial charge in [0, 0.05) is 11.4 Å². The van der Waals surface area contributed by atoms with Gasteiger partial charge in [0.25, 0.3) is 0 Å². The SMILES string of the molecule is CC(C)(C)OC(=O)Nc1ccc(OCCOCCOCCS)cc1. The molecule has 0 unspecified atom stereocenters. The van der Waals surface area contributed by atoms with Crippen molar-refractivity contribution in [2.24, 2.45) is 0 Å². The maximum absolute atomic E-state index is 11.7. The van der Waals surface area contributed by atoms with E-state index in [4.69, 9.17) is 18.9 Å². The standard InChI is InChI=1S/C17H27NO5S/c1-17(2,3)23-16(19)18-14-4-6-15(7-5-14)22-11-10-20-8-9-21-12-13-24/h4-7,24H,8-13H2,1-3H3,(H,18,19). The van der Waals surface area contributed by atoms with E-state index in [2.05, 4.69) is 17.9 Å². The zero-order valence-corrected chi connectivity index (χ0v) is 15.4. The number of carbonyl (C=O) groups is 1. The molecule has 24 heavy (non-hydrogen) atoms. The quantitative estimate of drug-likeness (QED) is 0.496. The molecule has 0 aliphatic rings. The van der Waals surface area contributed by atoms with Gasteiger partial charge >= 0.3 is 6.09 Å². The largest absolute Gasteiger partial charge is 0.491 e. The monoisotopic (exact) mass is 357 g/mol. The van der Waals surface area contributed by atoms with E-state index in [1.54, 1.807) is 24.3 Å². The predicted octanol–water partition coefficient (Wildman–Crippen LogP) is 3.38. The normalized spacial score (nSPS) is 11.2. The minimum Gasteiger partial charge on any atom is -0.491 e. The van der Waals surface area contributed by atoms with Crippen molar-refractivity contribution in [1.29, 1.82) is 0 Å². The first-order valence-electron chi connectivity index (χ1n) is 7.90. The number of thiol groups is 1. The molecule has 0 heterocycles. The molecule has 1 aromatic carbocycles. The summed E-state index contributed by atoms with van der Waals surface area (Å²) in [5.41, 5.74) is 0.124. The van der Waals surface area contributed by atoms with Crippen LogP contribution in [0.25, 0.3) is 0 Å². The van der Waals surface area contributed by atoms with E-state index in [-0.39, 0.29) is 0 Å². The molecule has 1 amide bonds. The molecule has 0 atom stereocenters. The smallest absolute Gasteiger partial charge is 0.412 e. The zero-order chi connectivity index (χ0) is 17.8. The van der Waals surface area contributed by atoms with Crippen LogP contribution in [0.15, 0.2) is 24.3 Å². The van der Waals surface area contributed by atoms with Crippen molar-refractivity contribution in [3.63, 3.8) is 0 Å². The van der Waals surface area contributed by atoms with Gasteiger partial charge in [-0.15, -0.1) is 0 Å². The molecule has 6 nitrogen and oxygen atoms in total. The Morgan fingerprint density at radius 1 is 1.00 bits per heavy atom. The Morgan fingerprint density at radius 2 is 1.58 bits per heavy atom. The van der Waals surface area contributed by atoms with Gasteiger partial charge < -0.3 is 18.9 Å². The molecule has 0 fully saturated rings. The first-order chi connectivity index (χ1) is 11.4. The number of benzene rings is 1. The van der Waals surface area contributed by atoms with Gasteiger partial charge in [0.1, 0.15) is 18.0 Å². The van der Waals surface area contributed by atoms with Gasteiger partial charge in [0.05, 0.1) is 26.4 Å². The third kappa shape index (κ3) is 10.4. The van der Waals surface area contributed by atoms with E-state index >= 15 is 0 Å². The highest BCUT2D eigenvalue weighted by atomic mass is 32.1. The number of amides is 1. The number of carbonyl (C=O) groups excluding carboxylic acids is 1. The summed E-state index contributed by atoms with van der Waals surface area (Å²) in [7, 11) is 0. The lowest BCUT2D eigenvalue weighted by atomic mass is 10.2. The fraction of sp³-hybridized carbons (Fsp3) is 0.588. The molecule has 0 aromatic heterocycles. The Bertz CT molecular complexity index is 473. The zero-order valence-electron chi connectivity index (χ0n) is 14.5. The van der Waals surface area contributed by atoms with E-state index in [1.165, 1.54) is 0 Å². The number of nitrogens with one attached hydrogen (secondary N) is 1. The Kier molecular flexibility index (Phi) is 9.59. The minimum atomic E-state index is -0.523. The van der Waals surface area contributed by atoms with Crippen LogP contribution < -0.4 is 10.1 Å². The summed E-state index contributed by atoms with van der Waals surface area (Å²) in [5.74, 6) is 1.42. The predicted molar refractivity (Wildman–Crippen MR) is 97.3 cm³/mol. The lowest BCUT2D eigenvalue weighted by Crippen LogP contribution is -2.27. The van der Waals surface area contributed by atoms with Crippen LogP contribution in [0.2, 0.25) is 0 Å². The summed E-state index contributed by atoms with van der Waals surface area (Å²) in [4.78, 5) is 11.7. The molecule has 0 spiro atoms. The van der Waals surface area contributed by atoms with Gasteiger partial charge in [-0.05, 0) is 45.0 Å².